The second-order valence-corrected chi connectivity index (χ2v) is 6.53. The van der Waals surface area contributed by atoms with Crippen LogP contribution in [0.3, 0.4) is 0 Å². The first kappa shape index (κ1) is 17.5. The van der Waals surface area contributed by atoms with E-state index >= 15 is 0 Å². The van der Waals surface area contributed by atoms with Crippen LogP contribution in [0.25, 0.3) is 0 Å². The zero-order chi connectivity index (χ0) is 16.8. The molecule has 0 unspecified atom stereocenters. The van der Waals surface area contributed by atoms with Crippen LogP contribution in [0.4, 0.5) is 0 Å². The van der Waals surface area contributed by atoms with Crippen LogP contribution in [0.5, 0.6) is 0 Å². The molecule has 4 nitrogen and oxygen atoms in total. The average Bonchev–Trinajstić information content (AvgIpc) is 3.06. The first-order valence-corrected chi connectivity index (χ1v) is 8.66. The summed E-state index contributed by atoms with van der Waals surface area (Å²) in [6.07, 6.45) is 4.88. The molecule has 126 valence electrons. The summed E-state index contributed by atoms with van der Waals surface area (Å²) in [5, 5.41) is 3.10. The number of nitrogens with zero attached hydrogens (tertiary/aromatic N) is 1. The van der Waals surface area contributed by atoms with Crippen molar-refractivity contribution in [1.82, 2.24) is 10.2 Å². The van der Waals surface area contributed by atoms with Crippen LogP contribution in [0.15, 0.2) is 24.3 Å². The third kappa shape index (κ3) is 4.81. The monoisotopic (exact) mass is 316 g/mol. The van der Waals surface area contributed by atoms with Gasteiger partial charge in [-0.25, -0.2) is 0 Å². The van der Waals surface area contributed by atoms with Crippen molar-refractivity contribution in [2.45, 2.75) is 71.5 Å². The molecule has 1 aromatic rings. The Labute approximate surface area is 139 Å². The molecule has 1 aliphatic carbocycles. The van der Waals surface area contributed by atoms with Gasteiger partial charge in [0.1, 0.15) is 6.04 Å². The standard InChI is InChI=1S/C19H28N2O2/c1-4-18(22)21(13-16-11-9-14(2)10-12-16)15(3)19(23)20-17-7-5-6-8-17/h9-12,15,17H,4-8,13H2,1-3H3,(H,20,23)/t15-/m0/s1. The van der Waals surface area contributed by atoms with Gasteiger partial charge in [-0.05, 0) is 32.3 Å². The SMILES string of the molecule is CCC(=O)N(Cc1ccc(C)cc1)[C@@H](C)C(=O)NC1CCCC1. The molecule has 1 atom stereocenters. The number of hydrogen-bond acceptors (Lipinski definition) is 2. The van der Waals surface area contributed by atoms with Gasteiger partial charge in [-0.1, -0.05) is 49.6 Å². The molecular weight excluding hydrogens is 288 g/mol. The van der Waals surface area contributed by atoms with Gasteiger partial charge in [0.2, 0.25) is 11.8 Å². The van der Waals surface area contributed by atoms with E-state index in [0.29, 0.717) is 13.0 Å². The van der Waals surface area contributed by atoms with Gasteiger partial charge in [0, 0.05) is 19.0 Å². The van der Waals surface area contributed by atoms with E-state index in [1.165, 1.54) is 18.4 Å². The summed E-state index contributed by atoms with van der Waals surface area (Å²) in [4.78, 5) is 26.5. The van der Waals surface area contributed by atoms with Gasteiger partial charge in [0.05, 0.1) is 0 Å². The first-order chi connectivity index (χ1) is 11.0. The molecule has 0 heterocycles. The van der Waals surface area contributed by atoms with Crippen LogP contribution >= 0.6 is 0 Å². The minimum Gasteiger partial charge on any atom is -0.352 e. The lowest BCUT2D eigenvalue weighted by atomic mass is 10.1. The van der Waals surface area contributed by atoms with Crippen LogP contribution in [-0.4, -0.2) is 28.8 Å². The van der Waals surface area contributed by atoms with Crippen molar-refractivity contribution in [1.29, 1.82) is 0 Å². The van der Waals surface area contributed by atoms with Crippen molar-refractivity contribution < 1.29 is 9.59 Å². The Bertz CT molecular complexity index is 533. The topological polar surface area (TPSA) is 49.4 Å². The van der Waals surface area contributed by atoms with E-state index in [9.17, 15) is 9.59 Å². The van der Waals surface area contributed by atoms with Crippen molar-refractivity contribution in [3.8, 4) is 0 Å². The van der Waals surface area contributed by atoms with Crippen LogP contribution in [0, 0.1) is 6.92 Å². The fourth-order valence-corrected chi connectivity index (χ4v) is 3.07. The minimum atomic E-state index is -0.440. The van der Waals surface area contributed by atoms with E-state index in [0.717, 1.165) is 18.4 Å². The number of rotatable bonds is 6. The maximum absolute atomic E-state index is 12.5. The highest BCUT2D eigenvalue weighted by atomic mass is 16.2. The zero-order valence-electron chi connectivity index (χ0n) is 14.5. The smallest absolute Gasteiger partial charge is 0.242 e. The highest BCUT2D eigenvalue weighted by molar-refractivity contribution is 5.87. The normalized spacial score (nSPS) is 16.1. The van der Waals surface area contributed by atoms with Gasteiger partial charge in [-0.15, -0.1) is 0 Å². The van der Waals surface area contributed by atoms with Gasteiger partial charge >= 0.3 is 0 Å². The summed E-state index contributed by atoms with van der Waals surface area (Å²) in [7, 11) is 0. The van der Waals surface area contributed by atoms with Crippen molar-refractivity contribution in [3.05, 3.63) is 35.4 Å². The van der Waals surface area contributed by atoms with Crippen LogP contribution < -0.4 is 5.32 Å². The highest BCUT2D eigenvalue weighted by Crippen LogP contribution is 2.18. The van der Waals surface area contributed by atoms with Gasteiger partial charge in [0.15, 0.2) is 0 Å². The molecular formula is C19H28N2O2. The number of carbonyl (C=O) groups excluding carboxylic acids is 2. The van der Waals surface area contributed by atoms with Crippen LogP contribution in [0.1, 0.15) is 57.1 Å². The van der Waals surface area contributed by atoms with Crippen molar-refractivity contribution in [2.24, 2.45) is 0 Å². The van der Waals surface area contributed by atoms with Gasteiger partial charge in [-0.3, -0.25) is 9.59 Å². The Morgan fingerprint density at radius 1 is 1.22 bits per heavy atom. The molecule has 1 aliphatic rings. The fourth-order valence-electron chi connectivity index (χ4n) is 3.07. The average molecular weight is 316 g/mol. The summed E-state index contributed by atoms with van der Waals surface area (Å²) in [5.41, 5.74) is 2.24. The van der Waals surface area contributed by atoms with E-state index in [1.54, 1.807) is 4.90 Å². The molecule has 0 saturated heterocycles. The molecule has 0 radical (unpaired) electrons. The van der Waals surface area contributed by atoms with E-state index in [1.807, 2.05) is 45.0 Å². The molecule has 1 saturated carbocycles. The highest BCUT2D eigenvalue weighted by Gasteiger charge is 2.27. The van der Waals surface area contributed by atoms with Crippen molar-refractivity contribution in [2.75, 3.05) is 0 Å². The molecule has 0 aromatic heterocycles. The molecule has 4 heteroatoms. The lowest BCUT2D eigenvalue weighted by Crippen LogP contribution is -2.49. The van der Waals surface area contributed by atoms with E-state index in [-0.39, 0.29) is 17.9 Å². The minimum absolute atomic E-state index is 0.0136. The third-order valence-electron chi connectivity index (χ3n) is 4.64. The molecule has 0 spiro atoms. The number of benzene rings is 1. The quantitative estimate of drug-likeness (QED) is 0.876. The Morgan fingerprint density at radius 3 is 2.39 bits per heavy atom. The summed E-state index contributed by atoms with van der Waals surface area (Å²) in [6, 6.07) is 7.95. The molecule has 1 N–H and O–H groups in total. The van der Waals surface area contributed by atoms with E-state index in [4.69, 9.17) is 0 Å². The molecule has 0 bridgehead atoms. The van der Waals surface area contributed by atoms with Crippen molar-refractivity contribution >= 4 is 11.8 Å². The number of nitrogens with one attached hydrogen (secondary N) is 1. The molecule has 2 amide bonds. The second kappa shape index (κ2) is 8.14. The summed E-state index contributed by atoms with van der Waals surface area (Å²) in [5.74, 6) is -0.0227. The number of carbonyl (C=O) groups is 2. The van der Waals surface area contributed by atoms with E-state index in [2.05, 4.69) is 5.32 Å². The van der Waals surface area contributed by atoms with Crippen molar-refractivity contribution in [3.63, 3.8) is 0 Å². The predicted molar refractivity (Wildman–Crippen MR) is 91.9 cm³/mol. The van der Waals surface area contributed by atoms with Crippen LogP contribution in [-0.2, 0) is 16.1 Å². The summed E-state index contributed by atoms with van der Waals surface area (Å²) < 4.78 is 0. The van der Waals surface area contributed by atoms with Gasteiger partial charge in [-0.2, -0.15) is 0 Å². The number of amides is 2. The summed E-state index contributed by atoms with van der Waals surface area (Å²) in [6.45, 7) is 6.18. The lowest BCUT2D eigenvalue weighted by Gasteiger charge is -2.29. The number of aryl methyl sites for hydroxylation is 1. The Hall–Kier alpha value is -1.84. The van der Waals surface area contributed by atoms with Gasteiger partial charge < -0.3 is 10.2 Å². The molecule has 0 aliphatic heterocycles. The maximum atomic E-state index is 12.5. The number of hydrogen-bond donors (Lipinski definition) is 1. The third-order valence-corrected chi connectivity index (χ3v) is 4.64. The Morgan fingerprint density at radius 2 is 1.83 bits per heavy atom. The Kier molecular flexibility index (Phi) is 6.20. The van der Waals surface area contributed by atoms with Crippen LogP contribution in [0.2, 0.25) is 0 Å². The molecule has 1 fully saturated rings. The zero-order valence-corrected chi connectivity index (χ0v) is 14.5. The first-order valence-electron chi connectivity index (χ1n) is 8.66. The predicted octanol–water partition coefficient (Wildman–Crippen LogP) is 3.18. The second-order valence-electron chi connectivity index (χ2n) is 6.53. The fraction of sp³-hybridized carbons (Fsp3) is 0.579. The largest absolute Gasteiger partial charge is 0.352 e. The molecule has 1 aromatic carbocycles. The van der Waals surface area contributed by atoms with Gasteiger partial charge in [0.25, 0.3) is 0 Å². The summed E-state index contributed by atoms with van der Waals surface area (Å²) >= 11 is 0. The Balaban J connectivity index is 2.05. The molecule has 23 heavy (non-hydrogen) atoms. The lowest BCUT2D eigenvalue weighted by molar-refractivity contribution is -0.140. The van der Waals surface area contributed by atoms with E-state index < -0.39 is 6.04 Å². The maximum Gasteiger partial charge on any atom is 0.242 e. The molecule has 2 rings (SSSR count).